The summed E-state index contributed by atoms with van der Waals surface area (Å²) in [6.07, 6.45) is 4.11. The number of aromatic carboxylic acids is 1. The van der Waals surface area contributed by atoms with Gasteiger partial charge in [0, 0.05) is 18.7 Å². The number of aromatic nitrogens is 2. The summed E-state index contributed by atoms with van der Waals surface area (Å²) >= 11 is 0. The van der Waals surface area contributed by atoms with Gasteiger partial charge < -0.3 is 10.4 Å². The zero-order valence-electron chi connectivity index (χ0n) is 9.97. The van der Waals surface area contributed by atoms with Crippen molar-refractivity contribution in [1.82, 2.24) is 14.7 Å². The molecule has 0 amide bonds. The van der Waals surface area contributed by atoms with Gasteiger partial charge in [0.2, 0.25) is 0 Å². The third kappa shape index (κ3) is 1.86. The summed E-state index contributed by atoms with van der Waals surface area (Å²) < 4.78 is 1.66. The van der Waals surface area contributed by atoms with Crippen molar-refractivity contribution in [3.05, 3.63) is 35.8 Å². The Hall–Kier alpha value is -1.88. The molecule has 0 bridgehead atoms. The van der Waals surface area contributed by atoms with E-state index in [0.29, 0.717) is 11.6 Å². The Morgan fingerprint density at radius 3 is 3.11 bits per heavy atom. The number of carboxylic acids is 1. The first kappa shape index (κ1) is 11.2. The molecular weight excluding hydrogens is 230 g/mol. The highest BCUT2D eigenvalue weighted by Gasteiger charge is 2.19. The van der Waals surface area contributed by atoms with Crippen molar-refractivity contribution in [3.8, 4) is 0 Å². The second kappa shape index (κ2) is 4.42. The molecule has 1 fully saturated rings. The highest BCUT2D eigenvalue weighted by atomic mass is 16.4. The smallest absolute Gasteiger partial charge is 0.352 e. The van der Waals surface area contributed by atoms with Gasteiger partial charge in [-0.3, -0.25) is 4.40 Å². The van der Waals surface area contributed by atoms with Crippen LogP contribution in [0.2, 0.25) is 0 Å². The van der Waals surface area contributed by atoms with Crippen molar-refractivity contribution in [1.29, 1.82) is 0 Å². The Morgan fingerprint density at radius 1 is 1.50 bits per heavy atom. The Balaban J connectivity index is 2.04. The van der Waals surface area contributed by atoms with E-state index >= 15 is 0 Å². The molecule has 2 N–H and O–H groups in total. The largest absolute Gasteiger partial charge is 0.477 e. The van der Waals surface area contributed by atoms with Gasteiger partial charge in [-0.15, -0.1) is 0 Å². The van der Waals surface area contributed by atoms with Crippen LogP contribution in [0.3, 0.4) is 0 Å². The second-order valence-corrected chi connectivity index (χ2v) is 4.65. The molecule has 5 nitrogen and oxygen atoms in total. The number of hydrogen-bond acceptors (Lipinski definition) is 3. The average molecular weight is 245 g/mol. The highest BCUT2D eigenvalue weighted by molar-refractivity contribution is 5.86. The summed E-state index contributed by atoms with van der Waals surface area (Å²) in [6.45, 7) is 1.98. The second-order valence-electron chi connectivity index (χ2n) is 4.65. The predicted molar refractivity (Wildman–Crippen MR) is 67.0 cm³/mol. The number of imidazole rings is 1. The van der Waals surface area contributed by atoms with E-state index in [1.807, 2.05) is 12.3 Å². The number of piperidine rings is 1. The maximum atomic E-state index is 11.1. The first-order chi connectivity index (χ1) is 8.75. The summed E-state index contributed by atoms with van der Waals surface area (Å²) in [5.41, 5.74) is 1.95. The van der Waals surface area contributed by atoms with E-state index in [4.69, 9.17) is 5.11 Å². The van der Waals surface area contributed by atoms with E-state index < -0.39 is 5.97 Å². The average Bonchev–Trinajstić information content (AvgIpc) is 2.83. The van der Waals surface area contributed by atoms with Gasteiger partial charge in [0.1, 0.15) is 11.3 Å². The maximum absolute atomic E-state index is 11.1. The molecular formula is C13H15N3O2. The van der Waals surface area contributed by atoms with E-state index in [9.17, 15) is 4.79 Å². The van der Waals surface area contributed by atoms with Crippen molar-refractivity contribution in [3.63, 3.8) is 0 Å². The molecule has 0 radical (unpaired) electrons. The summed E-state index contributed by atoms with van der Waals surface area (Å²) in [5.74, 6) is -0.536. The van der Waals surface area contributed by atoms with Crippen LogP contribution < -0.4 is 5.32 Å². The summed E-state index contributed by atoms with van der Waals surface area (Å²) in [4.78, 5) is 15.7. The fourth-order valence-corrected chi connectivity index (χ4v) is 2.50. The number of fused-ring (bicyclic) bond motifs is 1. The lowest BCUT2D eigenvalue weighted by Gasteiger charge is -2.20. The van der Waals surface area contributed by atoms with E-state index in [1.165, 1.54) is 0 Å². The molecule has 1 saturated heterocycles. The maximum Gasteiger partial charge on any atom is 0.352 e. The van der Waals surface area contributed by atoms with Crippen LogP contribution in [0, 0.1) is 0 Å². The SMILES string of the molecule is O=C(O)c1cccc2nc(C3CCCNC3)cn12. The van der Waals surface area contributed by atoms with Gasteiger partial charge in [0.15, 0.2) is 0 Å². The molecule has 0 saturated carbocycles. The topological polar surface area (TPSA) is 66.6 Å². The fourth-order valence-electron chi connectivity index (χ4n) is 2.50. The zero-order valence-corrected chi connectivity index (χ0v) is 9.97. The molecule has 94 valence electrons. The number of carbonyl (C=O) groups is 1. The van der Waals surface area contributed by atoms with Crippen molar-refractivity contribution in [2.24, 2.45) is 0 Å². The van der Waals surface area contributed by atoms with E-state index in [1.54, 1.807) is 16.5 Å². The van der Waals surface area contributed by atoms with Crippen LogP contribution in [-0.4, -0.2) is 33.6 Å². The number of hydrogen-bond donors (Lipinski definition) is 2. The van der Waals surface area contributed by atoms with Crippen LogP contribution >= 0.6 is 0 Å². The Labute approximate surface area is 104 Å². The molecule has 1 aliphatic heterocycles. The van der Waals surface area contributed by atoms with Gasteiger partial charge in [-0.1, -0.05) is 6.07 Å². The summed E-state index contributed by atoms with van der Waals surface area (Å²) in [6, 6.07) is 5.17. The Kier molecular flexibility index (Phi) is 2.76. The predicted octanol–water partition coefficient (Wildman–Crippen LogP) is 1.50. The molecule has 3 rings (SSSR count). The molecule has 5 heteroatoms. The Morgan fingerprint density at radius 2 is 2.39 bits per heavy atom. The van der Waals surface area contributed by atoms with Gasteiger partial charge in [-0.2, -0.15) is 0 Å². The van der Waals surface area contributed by atoms with Gasteiger partial charge >= 0.3 is 5.97 Å². The third-order valence-electron chi connectivity index (χ3n) is 3.45. The number of nitrogens with zero attached hydrogens (tertiary/aromatic N) is 2. The van der Waals surface area contributed by atoms with Crippen LogP contribution in [-0.2, 0) is 0 Å². The minimum Gasteiger partial charge on any atom is -0.477 e. The molecule has 0 aliphatic carbocycles. The molecule has 0 aromatic carbocycles. The molecule has 3 heterocycles. The minimum absolute atomic E-state index is 0.259. The van der Waals surface area contributed by atoms with Gasteiger partial charge in [-0.25, -0.2) is 9.78 Å². The van der Waals surface area contributed by atoms with Crippen molar-refractivity contribution in [2.45, 2.75) is 18.8 Å². The fraction of sp³-hybridized carbons (Fsp3) is 0.385. The molecule has 1 atom stereocenters. The zero-order chi connectivity index (χ0) is 12.5. The van der Waals surface area contributed by atoms with Crippen LogP contribution in [0.4, 0.5) is 0 Å². The number of rotatable bonds is 2. The summed E-state index contributed by atoms with van der Waals surface area (Å²) in [7, 11) is 0. The number of nitrogens with one attached hydrogen (secondary N) is 1. The molecule has 1 unspecified atom stereocenters. The van der Waals surface area contributed by atoms with Crippen molar-refractivity contribution in [2.75, 3.05) is 13.1 Å². The molecule has 0 spiro atoms. The lowest BCUT2D eigenvalue weighted by Crippen LogP contribution is -2.28. The van der Waals surface area contributed by atoms with Gasteiger partial charge in [0.05, 0.1) is 5.69 Å². The monoisotopic (exact) mass is 245 g/mol. The molecule has 2 aromatic heterocycles. The van der Waals surface area contributed by atoms with Crippen LogP contribution in [0.1, 0.15) is 34.9 Å². The molecule has 18 heavy (non-hydrogen) atoms. The Bertz CT molecular complexity index is 585. The van der Waals surface area contributed by atoms with Gasteiger partial charge in [-0.05, 0) is 31.5 Å². The lowest BCUT2D eigenvalue weighted by molar-refractivity contribution is 0.0689. The van der Waals surface area contributed by atoms with Crippen LogP contribution in [0.5, 0.6) is 0 Å². The van der Waals surface area contributed by atoms with E-state index in [0.717, 1.165) is 31.6 Å². The van der Waals surface area contributed by atoms with Crippen LogP contribution in [0.25, 0.3) is 5.65 Å². The quantitative estimate of drug-likeness (QED) is 0.841. The number of carboxylic acid groups (broad SMARTS) is 1. The van der Waals surface area contributed by atoms with E-state index in [2.05, 4.69) is 10.3 Å². The van der Waals surface area contributed by atoms with Crippen molar-refractivity contribution >= 4 is 11.6 Å². The highest BCUT2D eigenvalue weighted by Crippen LogP contribution is 2.23. The van der Waals surface area contributed by atoms with Crippen molar-refractivity contribution < 1.29 is 9.90 Å². The number of pyridine rings is 1. The normalized spacial score (nSPS) is 20.1. The standard InChI is InChI=1S/C13H15N3O2/c17-13(18)11-4-1-5-12-15-10(8-16(11)12)9-3-2-6-14-7-9/h1,4-5,8-9,14H,2-3,6-7H2,(H,17,18). The first-order valence-corrected chi connectivity index (χ1v) is 6.18. The van der Waals surface area contributed by atoms with E-state index in [-0.39, 0.29) is 5.69 Å². The summed E-state index contributed by atoms with van der Waals surface area (Å²) in [5, 5.41) is 12.5. The third-order valence-corrected chi connectivity index (χ3v) is 3.45. The van der Waals surface area contributed by atoms with Crippen LogP contribution in [0.15, 0.2) is 24.4 Å². The first-order valence-electron chi connectivity index (χ1n) is 6.18. The van der Waals surface area contributed by atoms with Gasteiger partial charge in [0.25, 0.3) is 0 Å². The molecule has 1 aliphatic rings. The lowest BCUT2D eigenvalue weighted by atomic mass is 9.97. The minimum atomic E-state index is -0.925. The molecule has 2 aromatic rings.